The van der Waals surface area contributed by atoms with Crippen LogP contribution >= 0.6 is 11.3 Å². The van der Waals surface area contributed by atoms with Gasteiger partial charge in [0, 0.05) is 11.4 Å². The van der Waals surface area contributed by atoms with Crippen molar-refractivity contribution in [2.75, 3.05) is 27.2 Å². The van der Waals surface area contributed by atoms with E-state index in [0.29, 0.717) is 12.5 Å². The van der Waals surface area contributed by atoms with Crippen LogP contribution in [0, 0.1) is 5.92 Å². The van der Waals surface area contributed by atoms with E-state index in [-0.39, 0.29) is 11.7 Å². The maximum atomic E-state index is 12.4. The number of aromatic nitrogens is 4. The second-order valence-corrected chi connectivity index (χ2v) is 8.48. The Morgan fingerprint density at radius 2 is 2.31 bits per heavy atom. The molecule has 1 atom stereocenters. The lowest BCUT2D eigenvalue weighted by Gasteiger charge is -2.17. The summed E-state index contributed by atoms with van der Waals surface area (Å²) in [6.45, 7) is 3.84. The molecule has 7 nitrogen and oxygen atoms in total. The molecule has 1 N–H and O–H groups in total. The molecule has 0 bridgehead atoms. The van der Waals surface area contributed by atoms with Crippen molar-refractivity contribution in [2.45, 2.75) is 32.6 Å². The fourth-order valence-electron chi connectivity index (χ4n) is 3.52. The smallest absolute Gasteiger partial charge is 0.290 e. The Labute approximate surface area is 156 Å². The zero-order valence-electron chi connectivity index (χ0n) is 15.4. The molecule has 3 aromatic rings. The third-order valence-electron chi connectivity index (χ3n) is 4.90. The molecule has 8 heteroatoms. The van der Waals surface area contributed by atoms with Crippen molar-refractivity contribution in [1.29, 1.82) is 0 Å². The van der Waals surface area contributed by atoms with Crippen molar-refractivity contribution < 1.29 is 4.79 Å². The Balaban J connectivity index is 1.63. The van der Waals surface area contributed by atoms with E-state index in [9.17, 15) is 4.79 Å². The number of nitrogens with one attached hydrogen (secondary N) is 1. The molecule has 0 saturated carbocycles. The van der Waals surface area contributed by atoms with E-state index >= 15 is 0 Å². The van der Waals surface area contributed by atoms with Crippen molar-refractivity contribution in [2.24, 2.45) is 5.92 Å². The van der Waals surface area contributed by atoms with E-state index in [2.05, 4.69) is 32.2 Å². The zero-order valence-corrected chi connectivity index (χ0v) is 16.3. The van der Waals surface area contributed by atoms with E-state index < -0.39 is 0 Å². The van der Waals surface area contributed by atoms with Crippen LogP contribution < -0.4 is 5.32 Å². The van der Waals surface area contributed by atoms with Gasteiger partial charge in [0.15, 0.2) is 5.65 Å². The van der Waals surface area contributed by atoms with Crippen molar-refractivity contribution in [3.05, 3.63) is 22.6 Å². The molecule has 0 fully saturated rings. The molecule has 4 rings (SSSR count). The number of amides is 1. The molecule has 0 saturated heterocycles. The van der Waals surface area contributed by atoms with Gasteiger partial charge in [0.2, 0.25) is 5.82 Å². The Kier molecular flexibility index (Phi) is 4.62. The van der Waals surface area contributed by atoms with Crippen molar-refractivity contribution in [1.82, 2.24) is 29.8 Å². The molecule has 0 unspecified atom stereocenters. The highest BCUT2D eigenvalue weighted by molar-refractivity contribution is 7.19. The molecule has 0 radical (unpaired) electrons. The number of thiophene rings is 1. The Hall–Kier alpha value is -2.06. The van der Waals surface area contributed by atoms with E-state index in [1.165, 1.54) is 16.9 Å². The van der Waals surface area contributed by atoms with Gasteiger partial charge < -0.3 is 10.2 Å². The average molecular weight is 372 g/mol. The molecule has 0 aromatic carbocycles. The molecule has 1 aliphatic rings. The molecule has 0 aliphatic heterocycles. The largest absolute Gasteiger partial charge is 0.349 e. The lowest BCUT2D eigenvalue weighted by atomic mass is 9.89. The molecule has 1 amide bonds. The van der Waals surface area contributed by atoms with Gasteiger partial charge in [-0.25, -0.2) is 14.5 Å². The lowest BCUT2D eigenvalue weighted by Crippen LogP contribution is -2.28. The zero-order chi connectivity index (χ0) is 18.3. The van der Waals surface area contributed by atoms with Gasteiger partial charge in [0.1, 0.15) is 11.2 Å². The van der Waals surface area contributed by atoms with Gasteiger partial charge in [-0.2, -0.15) is 0 Å². The van der Waals surface area contributed by atoms with Gasteiger partial charge in [-0.3, -0.25) is 4.79 Å². The van der Waals surface area contributed by atoms with E-state index in [0.717, 1.165) is 41.7 Å². The summed E-state index contributed by atoms with van der Waals surface area (Å²) in [7, 11) is 4.04. The monoisotopic (exact) mass is 372 g/mol. The number of carbonyl (C=O) groups excluding carboxylic acids is 1. The summed E-state index contributed by atoms with van der Waals surface area (Å²) in [6, 6.07) is 0. The van der Waals surface area contributed by atoms with E-state index in [1.807, 2.05) is 14.1 Å². The number of hydrogen-bond donors (Lipinski definition) is 1. The molecular weight excluding hydrogens is 348 g/mol. The van der Waals surface area contributed by atoms with Crippen molar-refractivity contribution in [3.8, 4) is 0 Å². The van der Waals surface area contributed by atoms with Crippen molar-refractivity contribution >= 4 is 33.1 Å². The number of hydrogen-bond acceptors (Lipinski definition) is 6. The summed E-state index contributed by atoms with van der Waals surface area (Å²) in [5, 5.41) is 8.34. The highest BCUT2D eigenvalue weighted by Gasteiger charge is 2.24. The van der Waals surface area contributed by atoms with Crippen LogP contribution in [0.2, 0.25) is 0 Å². The van der Waals surface area contributed by atoms with Crippen LogP contribution in [0.25, 0.3) is 15.9 Å². The van der Waals surface area contributed by atoms with Crippen molar-refractivity contribution in [3.63, 3.8) is 0 Å². The predicted octanol–water partition coefficient (Wildman–Crippen LogP) is 2.15. The second kappa shape index (κ2) is 6.92. The highest BCUT2D eigenvalue weighted by Crippen LogP contribution is 2.38. The molecule has 138 valence electrons. The summed E-state index contributed by atoms with van der Waals surface area (Å²) >= 11 is 1.76. The van der Waals surface area contributed by atoms with E-state index in [4.69, 9.17) is 0 Å². The van der Waals surface area contributed by atoms with Crippen LogP contribution in [-0.2, 0) is 12.8 Å². The Bertz CT molecular complexity index is 960. The predicted molar refractivity (Wildman–Crippen MR) is 103 cm³/mol. The Morgan fingerprint density at radius 1 is 1.46 bits per heavy atom. The summed E-state index contributed by atoms with van der Waals surface area (Å²) in [6.07, 6.45) is 5.95. The van der Waals surface area contributed by atoms with E-state index in [1.54, 1.807) is 22.2 Å². The average Bonchev–Trinajstić information content (AvgIpc) is 3.18. The first-order valence-corrected chi connectivity index (χ1v) is 9.93. The van der Waals surface area contributed by atoms with Gasteiger partial charge in [-0.05, 0) is 57.8 Å². The summed E-state index contributed by atoms with van der Waals surface area (Å²) < 4.78 is 1.64. The highest BCUT2D eigenvalue weighted by atomic mass is 32.1. The number of carbonyl (C=O) groups is 1. The summed E-state index contributed by atoms with van der Waals surface area (Å²) in [5.41, 5.74) is 2.10. The first kappa shape index (κ1) is 17.4. The maximum absolute atomic E-state index is 12.4. The SMILES string of the molecule is C[C@H]1CCc2sc3ncn4nc(C(=O)NCCCN(C)C)nc4c3c2C1. The van der Waals surface area contributed by atoms with Crippen LogP contribution in [0.1, 0.15) is 40.8 Å². The quantitative estimate of drug-likeness (QED) is 0.695. The van der Waals surface area contributed by atoms with Crippen LogP contribution in [0.5, 0.6) is 0 Å². The molecule has 0 spiro atoms. The normalized spacial score (nSPS) is 17.2. The number of aryl methyl sites for hydroxylation is 1. The third-order valence-corrected chi connectivity index (χ3v) is 6.10. The van der Waals surface area contributed by atoms with Gasteiger partial charge >= 0.3 is 0 Å². The molecule has 3 aromatic heterocycles. The third kappa shape index (κ3) is 3.19. The number of nitrogens with zero attached hydrogens (tertiary/aromatic N) is 5. The van der Waals surface area contributed by atoms with Crippen LogP contribution in [0.4, 0.5) is 0 Å². The number of rotatable bonds is 5. The molecule has 1 aliphatic carbocycles. The maximum Gasteiger partial charge on any atom is 0.290 e. The second-order valence-electron chi connectivity index (χ2n) is 7.39. The molecular formula is C18H24N6OS. The lowest BCUT2D eigenvalue weighted by molar-refractivity contribution is 0.0942. The fraction of sp³-hybridized carbons (Fsp3) is 0.556. The van der Waals surface area contributed by atoms with Gasteiger partial charge in [0.05, 0.1) is 5.39 Å². The van der Waals surface area contributed by atoms with Crippen LogP contribution in [0.15, 0.2) is 6.33 Å². The fourth-order valence-corrected chi connectivity index (χ4v) is 4.70. The minimum Gasteiger partial charge on any atom is -0.349 e. The minimum atomic E-state index is -0.224. The van der Waals surface area contributed by atoms with Gasteiger partial charge in [-0.1, -0.05) is 6.92 Å². The Morgan fingerprint density at radius 3 is 3.12 bits per heavy atom. The molecule has 3 heterocycles. The first-order chi connectivity index (χ1) is 12.5. The molecule has 26 heavy (non-hydrogen) atoms. The summed E-state index contributed by atoms with van der Waals surface area (Å²) in [5.74, 6) is 0.661. The van der Waals surface area contributed by atoms with Gasteiger partial charge in [-0.15, -0.1) is 16.4 Å². The van der Waals surface area contributed by atoms with Crippen LogP contribution in [0.3, 0.4) is 0 Å². The first-order valence-electron chi connectivity index (χ1n) is 9.11. The standard InChI is InChI=1S/C18H24N6OS/c1-11-5-6-13-12(9-11)14-16-21-15(17(25)19-7-4-8-23(2)3)22-24(16)10-20-18(14)26-13/h10-11H,4-9H2,1-3H3,(H,19,25)/t11-/m0/s1. The summed E-state index contributed by atoms with van der Waals surface area (Å²) in [4.78, 5) is 26.0. The van der Waals surface area contributed by atoms with Crippen LogP contribution in [-0.4, -0.2) is 57.6 Å². The van der Waals surface area contributed by atoms with Gasteiger partial charge in [0.25, 0.3) is 5.91 Å². The number of fused-ring (bicyclic) bond motifs is 5. The topological polar surface area (TPSA) is 75.4 Å². The minimum absolute atomic E-state index is 0.216.